The topological polar surface area (TPSA) is 91.3 Å². The minimum Gasteiger partial charge on any atom is -0.373 e. The molecule has 0 aliphatic carbocycles. The van der Waals surface area contributed by atoms with E-state index in [-0.39, 0.29) is 11.1 Å². The molecule has 1 aromatic heterocycles. The minimum atomic E-state index is -0.532. The number of nitrogens with one attached hydrogen (secondary N) is 4. The highest BCUT2D eigenvalue weighted by Crippen LogP contribution is 2.36. The first kappa shape index (κ1) is 31.4. The summed E-state index contributed by atoms with van der Waals surface area (Å²) in [6, 6.07) is 10.2. The van der Waals surface area contributed by atoms with Crippen molar-refractivity contribution in [3.63, 3.8) is 0 Å². The zero-order valence-corrected chi connectivity index (χ0v) is 26.2. The number of rotatable bonds is 10. The Morgan fingerprint density at radius 1 is 1.20 bits per heavy atom. The maximum absolute atomic E-state index is 13.8. The molecular weight excluding hydrogens is 598 g/mol. The molecule has 0 spiro atoms. The van der Waals surface area contributed by atoms with Gasteiger partial charge in [-0.2, -0.15) is 5.26 Å². The molecule has 5 rings (SSSR count). The third kappa shape index (κ3) is 7.01. The Bertz CT molecular complexity index is 1670. The van der Waals surface area contributed by atoms with E-state index >= 15 is 0 Å². The van der Waals surface area contributed by atoms with Crippen LogP contribution >= 0.6 is 23.2 Å². The lowest BCUT2D eigenvalue weighted by Crippen LogP contribution is -2.48. The van der Waals surface area contributed by atoms with Crippen molar-refractivity contribution in [3.8, 4) is 6.07 Å². The third-order valence-electron chi connectivity index (χ3n) is 7.85. The number of hydrogen-bond acceptors (Lipinski definition) is 8. The van der Waals surface area contributed by atoms with E-state index in [1.807, 2.05) is 37.3 Å². The van der Waals surface area contributed by atoms with Crippen molar-refractivity contribution in [1.82, 2.24) is 25.9 Å². The standard InChI is InChI=1S/C33H35Cl2FN8/c1-4-6-7-8-21(3)31(30-20-44(42-41-30)25-11-13-43(5-2)14-12-25)40-24-15-26-32(39-23-9-10-29(36)27(34)16-23)22(18-37)19-38-33(26)28(35)17-24/h4,6-10,15-17,19-20,25,31,40-42H,3,5,11-14H2,1-2H3,(H,38,39)/b6-4-,8-7-/t31-/m0/s1. The molecule has 44 heavy (non-hydrogen) atoms. The molecule has 0 radical (unpaired) electrons. The fourth-order valence-corrected chi connectivity index (χ4v) is 5.85. The van der Waals surface area contributed by atoms with Crippen LogP contribution in [0.2, 0.25) is 10.0 Å². The number of pyridine rings is 1. The molecule has 8 nitrogen and oxygen atoms in total. The van der Waals surface area contributed by atoms with E-state index in [4.69, 9.17) is 23.2 Å². The highest BCUT2D eigenvalue weighted by atomic mass is 35.5. The van der Waals surface area contributed by atoms with E-state index in [2.05, 4.69) is 62.3 Å². The Morgan fingerprint density at radius 3 is 2.68 bits per heavy atom. The molecular formula is C33H35Cl2FN8. The van der Waals surface area contributed by atoms with Crippen molar-refractivity contribution in [1.29, 1.82) is 5.26 Å². The number of anilines is 3. The van der Waals surface area contributed by atoms with Gasteiger partial charge in [0.2, 0.25) is 0 Å². The predicted molar refractivity (Wildman–Crippen MR) is 178 cm³/mol. The number of hydrogen-bond donors (Lipinski definition) is 4. The van der Waals surface area contributed by atoms with Crippen LogP contribution in [0.15, 0.2) is 84.9 Å². The molecule has 0 saturated carbocycles. The van der Waals surface area contributed by atoms with Crippen molar-refractivity contribution in [2.75, 3.05) is 30.3 Å². The summed E-state index contributed by atoms with van der Waals surface area (Å²) in [7, 11) is 0. The maximum atomic E-state index is 13.8. The van der Waals surface area contributed by atoms with Gasteiger partial charge in [0.1, 0.15) is 11.9 Å². The Labute approximate surface area is 267 Å². The average Bonchev–Trinajstić information content (AvgIpc) is 3.52. The molecule has 2 aromatic carbocycles. The van der Waals surface area contributed by atoms with Crippen LogP contribution in [0.5, 0.6) is 0 Å². The smallest absolute Gasteiger partial charge is 0.141 e. The van der Waals surface area contributed by atoms with E-state index in [1.54, 1.807) is 12.1 Å². The summed E-state index contributed by atoms with van der Waals surface area (Å²) in [6.45, 7) is 11.7. The van der Waals surface area contributed by atoms with Gasteiger partial charge in [-0.05, 0) is 62.2 Å². The molecule has 2 aliphatic rings. The summed E-state index contributed by atoms with van der Waals surface area (Å²) in [5.74, 6) is -0.532. The van der Waals surface area contributed by atoms with Gasteiger partial charge < -0.3 is 21.0 Å². The fraction of sp³-hybridized carbons (Fsp3) is 0.273. The second-order valence-electron chi connectivity index (χ2n) is 10.7. The first-order valence-electron chi connectivity index (χ1n) is 14.5. The van der Waals surface area contributed by atoms with Crippen molar-refractivity contribution in [2.45, 2.75) is 38.8 Å². The van der Waals surface area contributed by atoms with E-state index in [9.17, 15) is 9.65 Å². The van der Waals surface area contributed by atoms with E-state index in [1.165, 1.54) is 18.3 Å². The van der Waals surface area contributed by atoms with E-state index in [0.29, 0.717) is 44.6 Å². The summed E-state index contributed by atoms with van der Waals surface area (Å²) in [4.78, 5) is 6.92. The number of allylic oxidation sites excluding steroid dienone is 3. The number of piperidine rings is 1. The monoisotopic (exact) mass is 632 g/mol. The van der Waals surface area contributed by atoms with E-state index < -0.39 is 5.82 Å². The molecule has 2 aliphatic heterocycles. The number of hydrazine groups is 2. The van der Waals surface area contributed by atoms with Crippen LogP contribution in [-0.2, 0) is 0 Å². The van der Waals surface area contributed by atoms with Crippen LogP contribution in [0.1, 0.15) is 32.3 Å². The molecule has 0 amide bonds. The number of halogens is 3. The fourth-order valence-electron chi connectivity index (χ4n) is 5.40. The number of benzene rings is 2. The van der Waals surface area contributed by atoms with Gasteiger partial charge in [-0.3, -0.25) is 9.99 Å². The summed E-state index contributed by atoms with van der Waals surface area (Å²) < 4.78 is 13.8. The highest BCUT2D eigenvalue weighted by molar-refractivity contribution is 6.36. The summed E-state index contributed by atoms with van der Waals surface area (Å²) in [5, 5.41) is 19.8. The molecule has 3 heterocycles. The number of fused-ring (bicyclic) bond motifs is 1. The average molecular weight is 634 g/mol. The SMILES string of the molecule is C=C(/C=C\C=C/C)[C@H](Nc1cc(Cl)c2ncc(C#N)c(Nc3ccc(F)c(Cl)c3)c2c1)C1=CN(C2CCN(CC)CC2)NN1. The third-order valence-corrected chi connectivity index (χ3v) is 8.42. The summed E-state index contributed by atoms with van der Waals surface area (Å²) >= 11 is 12.8. The number of likely N-dealkylation sites (tertiary alicyclic amines) is 1. The quantitative estimate of drug-likeness (QED) is 0.172. The number of nitriles is 1. The molecule has 1 fully saturated rings. The van der Waals surface area contributed by atoms with Gasteiger partial charge in [0.15, 0.2) is 0 Å². The van der Waals surface area contributed by atoms with E-state index in [0.717, 1.165) is 43.7 Å². The molecule has 1 atom stereocenters. The molecule has 1 saturated heterocycles. The van der Waals surface area contributed by atoms with Crippen molar-refractivity contribution in [2.24, 2.45) is 0 Å². The van der Waals surface area contributed by atoms with Gasteiger partial charge in [-0.25, -0.2) is 4.39 Å². The van der Waals surface area contributed by atoms with Crippen LogP contribution in [0.3, 0.4) is 0 Å². The van der Waals surface area contributed by atoms with Crippen LogP contribution < -0.4 is 21.6 Å². The normalized spacial score (nSPS) is 16.7. The largest absolute Gasteiger partial charge is 0.373 e. The van der Waals surface area contributed by atoms with Gasteiger partial charge in [-0.15, -0.1) is 5.53 Å². The first-order chi connectivity index (χ1) is 21.3. The van der Waals surface area contributed by atoms with Gasteiger partial charge >= 0.3 is 0 Å². The van der Waals surface area contributed by atoms with Gasteiger partial charge in [0, 0.05) is 48.3 Å². The summed E-state index contributed by atoms with van der Waals surface area (Å²) in [6.07, 6.45) is 13.5. The zero-order valence-electron chi connectivity index (χ0n) is 24.7. The molecule has 228 valence electrons. The Morgan fingerprint density at radius 2 is 1.98 bits per heavy atom. The van der Waals surface area contributed by atoms with Crippen LogP contribution in [0.25, 0.3) is 10.9 Å². The van der Waals surface area contributed by atoms with Crippen molar-refractivity contribution < 1.29 is 4.39 Å². The van der Waals surface area contributed by atoms with Gasteiger partial charge in [-0.1, -0.05) is 61.0 Å². The maximum Gasteiger partial charge on any atom is 0.141 e. The molecule has 0 unspecified atom stereocenters. The van der Waals surface area contributed by atoms with Crippen LogP contribution in [0, 0.1) is 17.1 Å². The van der Waals surface area contributed by atoms with Crippen LogP contribution in [-0.4, -0.2) is 46.6 Å². The lowest BCUT2D eigenvalue weighted by atomic mass is 10.0. The second kappa shape index (κ2) is 14.1. The molecule has 3 aromatic rings. The zero-order chi connectivity index (χ0) is 31.2. The number of aromatic nitrogens is 1. The number of nitrogens with zero attached hydrogens (tertiary/aromatic N) is 4. The molecule has 11 heteroatoms. The van der Waals surface area contributed by atoms with Crippen molar-refractivity contribution >= 4 is 51.2 Å². The van der Waals surface area contributed by atoms with Crippen molar-refractivity contribution in [3.05, 3.63) is 106 Å². The Balaban J connectivity index is 1.49. The molecule has 0 bridgehead atoms. The van der Waals surface area contributed by atoms with Gasteiger partial charge in [0.05, 0.1) is 38.6 Å². The lowest BCUT2D eigenvalue weighted by Gasteiger charge is -2.35. The Kier molecular flexibility index (Phi) is 10.1. The summed E-state index contributed by atoms with van der Waals surface area (Å²) in [5.41, 5.74) is 10.9. The first-order valence-corrected chi connectivity index (χ1v) is 15.3. The van der Waals surface area contributed by atoms with Crippen LogP contribution in [0.4, 0.5) is 21.5 Å². The predicted octanol–water partition coefficient (Wildman–Crippen LogP) is 7.42. The Hall–Kier alpha value is -4.07. The molecule has 4 N–H and O–H groups in total. The lowest BCUT2D eigenvalue weighted by molar-refractivity contribution is 0.112. The second-order valence-corrected chi connectivity index (χ2v) is 11.5. The highest BCUT2D eigenvalue weighted by Gasteiger charge is 2.29. The minimum absolute atomic E-state index is 0.0320. The van der Waals surface area contributed by atoms with Gasteiger partial charge in [0.25, 0.3) is 0 Å².